The van der Waals surface area contributed by atoms with Crippen molar-refractivity contribution in [1.82, 2.24) is 10.3 Å². The van der Waals surface area contributed by atoms with E-state index in [1.165, 1.54) is 4.70 Å². The highest BCUT2D eigenvalue weighted by Gasteiger charge is 2.32. The van der Waals surface area contributed by atoms with Gasteiger partial charge in [-0.1, -0.05) is 109 Å². The molecule has 0 aliphatic carbocycles. The Morgan fingerprint density at radius 2 is 1.56 bits per heavy atom. The molecule has 6 aromatic rings. The predicted molar refractivity (Wildman–Crippen MR) is 216 cm³/mol. The molecule has 3 unspecified atom stereocenters. The number of hydrogen-bond acceptors (Lipinski definition) is 9. The fraction of sp³-hybridized carbons (Fsp3) is 0.233. The number of nitrogens with one attached hydrogen (secondary N) is 2. The van der Waals surface area contributed by atoms with Crippen molar-refractivity contribution in [2.45, 2.75) is 61.7 Å². The summed E-state index contributed by atoms with van der Waals surface area (Å²) >= 11 is 3.40. The summed E-state index contributed by atoms with van der Waals surface area (Å²) in [4.78, 5) is 29.9. The van der Waals surface area contributed by atoms with Gasteiger partial charge >= 0.3 is 0 Å². The molecule has 9 nitrogen and oxygen atoms in total. The number of nitrogen functional groups attached to an aromatic ring is 1. The Hall–Kier alpha value is -5.04. The maximum atomic E-state index is 12.7. The van der Waals surface area contributed by atoms with Crippen molar-refractivity contribution in [1.29, 1.82) is 0 Å². The molecule has 5 aromatic carbocycles. The molecule has 5 N–H and O–H groups in total. The average molecular weight is 759 g/mol. The number of thioether (sulfide) groups is 1. The van der Waals surface area contributed by atoms with E-state index in [2.05, 4.69) is 28.8 Å². The molecule has 3 atom stereocenters. The Labute approximate surface area is 322 Å². The van der Waals surface area contributed by atoms with Crippen LogP contribution in [0.5, 0.6) is 0 Å². The van der Waals surface area contributed by atoms with Crippen LogP contribution in [0.4, 0.5) is 11.4 Å². The van der Waals surface area contributed by atoms with E-state index in [0.29, 0.717) is 30.8 Å². The second kappa shape index (κ2) is 17.9. The first-order chi connectivity index (χ1) is 26.4. The van der Waals surface area contributed by atoms with Crippen LogP contribution in [0.3, 0.4) is 0 Å². The highest BCUT2D eigenvalue weighted by atomic mass is 32.2. The summed E-state index contributed by atoms with van der Waals surface area (Å²) < 4.78 is 15.4. The summed E-state index contributed by atoms with van der Waals surface area (Å²) in [5.74, 6) is 0.442. The number of rotatable bonds is 14. The van der Waals surface area contributed by atoms with E-state index < -0.39 is 6.29 Å². The number of fused-ring (bicyclic) bond motifs is 1. The number of nitrogens with zero attached hydrogens (tertiary/aromatic N) is 1. The maximum absolute atomic E-state index is 12.7. The number of benzene rings is 5. The Kier molecular flexibility index (Phi) is 12.3. The third-order valence-corrected chi connectivity index (χ3v) is 11.6. The number of anilines is 2. The van der Waals surface area contributed by atoms with E-state index in [4.69, 9.17) is 20.2 Å². The first-order valence-electron chi connectivity index (χ1n) is 18.0. The van der Waals surface area contributed by atoms with E-state index in [1.54, 1.807) is 35.2 Å². The molecule has 1 aliphatic heterocycles. The molecular weight excluding hydrogens is 717 g/mol. The van der Waals surface area contributed by atoms with Gasteiger partial charge < -0.3 is 30.9 Å². The standard InChI is InChI=1S/C43H42N4O5S2/c44-35-10-3-4-11-36(35)46-41(50)15-7-14-40(49)45-25-32-8-1-2-9-34(32)29-20-22-31(23-21-29)42-51-33(24-38(52-42)30-18-16-28(26-48)17-19-30)27-53-43-47-37-12-5-6-13-39(37)54-43/h1-6,8-13,16-23,33,38,42,48H,7,14-15,24-27,44H2,(H,45,49)(H,46,50). The van der Waals surface area contributed by atoms with Gasteiger partial charge in [-0.25, -0.2) is 4.98 Å². The Balaban J connectivity index is 0.981. The lowest BCUT2D eigenvalue weighted by Crippen LogP contribution is -2.31. The smallest absolute Gasteiger partial charge is 0.224 e. The SMILES string of the molecule is Nc1ccccc1NC(=O)CCCC(=O)NCc1ccccc1-c1ccc(C2OC(CSc3nc4ccccc4s3)CC(c3ccc(CO)cc3)O2)cc1. The monoisotopic (exact) mass is 758 g/mol. The lowest BCUT2D eigenvalue weighted by atomic mass is 9.97. The Morgan fingerprint density at radius 1 is 0.833 bits per heavy atom. The molecule has 1 aromatic heterocycles. The molecule has 276 valence electrons. The van der Waals surface area contributed by atoms with Crippen LogP contribution in [-0.2, 0) is 32.2 Å². The maximum Gasteiger partial charge on any atom is 0.224 e. The minimum Gasteiger partial charge on any atom is -0.397 e. The minimum atomic E-state index is -0.571. The molecule has 1 saturated heterocycles. The number of amides is 2. The van der Waals surface area contributed by atoms with Crippen molar-refractivity contribution in [3.63, 3.8) is 0 Å². The van der Waals surface area contributed by atoms with Crippen LogP contribution in [0, 0.1) is 0 Å². The number of carbonyl (C=O) groups excluding carboxylic acids is 2. The molecule has 11 heteroatoms. The highest BCUT2D eigenvalue weighted by molar-refractivity contribution is 8.01. The van der Waals surface area contributed by atoms with Crippen molar-refractivity contribution < 1.29 is 24.2 Å². The Bertz CT molecular complexity index is 2160. The quantitative estimate of drug-likeness (QED) is 0.0640. The normalized spacial score (nSPS) is 16.9. The van der Waals surface area contributed by atoms with Crippen molar-refractivity contribution in [2.75, 3.05) is 16.8 Å². The molecule has 1 aliphatic rings. The van der Waals surface area contributed by atoms with Gasteiger partial charge in [0.2, 0.25) is 11.8 Å². The molecule has 54 heavy (non-hydrogen) atoms. The molecule has 0 saturated carbocycles. The number of carbonyl (C=O) groups is 2. The summed E-state index contributed by atoms with van der Waals surface area (Å²) in [6, 6.07) is 39.4. The number of thiazole rings is 1. The molecule has 2 amide bonds. The van der Waals surface area contributed by atoms with Crippen molar-refractivity contribution >= 4 is 56.5 Å². The average Bonchev–Trinajstić information content (AvgIpc) is 3.63. The highest BCUT2D eigenvalue weighted by Crippen LogP contribution is 2.41. The molecule has 7 rings (SSSR count). The summed E-state index contributed by atoms with van der Waals surface area (Å²) in [7, 11) is 0. The zero-order chi connectivity index (χ0) is 37.3. The molecule has 0 radical (unpaired) electrons. The van der Waals surface area contributed by atoms with Gasteiger partial charge in [-0.05, 0) is 58.5 Å². The number of hydrogen-bond donors (Lipinski definition) is 4. The number of nitrogens with two attached hydrogens (primary N) is 1. The van der Waals surface area contributed by atoms with Crippen LogP contribution in [0.15, 0.2) is 126 Å². The van der Waals surface area contributed by atoms with Crippen molar-refractivity contribution in [3.05, 3.63) is 144 Å². The van der Waals surface area contributed by atoms with Crippen LogP contribution in [0.1, 0.15) is 60.3 Å². The lowest BCUT2D eigenvalue weighted by molar-refractivity contribution is -0.245. The second-order valence-electron chi connectivity index (χ2n) is 13.2. The fourth-order valence-electron chi connectivity index (χ4n) is 6.39. The lowest BCUT2D eigenvalue weighted by Gasteiger charge is -2.36. The van der Waals surface area contributed by atoms with E-state index in [-0.39, 0.29) is 43.5 Å². The minimum absolute atomic E-state index is 0.00692. The summed E-state index contributed by atoms with van der Waals surface area (Å²) in [6.07, 6.45) is 0.747. The van der Waals surface area contributed by atoms with E-state index in [1.807, 2.05) is 91.0 Å². The van der Waals surface area contributed by atoms with E-state index >= 15 is 0 Å². The van der Waals surface area contributed by atoms with Crippen LogP contribution in [0.25, 0.3) is 21.3 Å². The zero-order valence-corrected chi connectivity index (χ0v) is 31.3. The topological polar surface area (TPSA) is 136 Å². The third kappa shape index (κ3) is 9.54. The number of aliphatic hydroxyl groups is 1. The van der Waals surface area contributed by atoms with Gasteiger partial charge in [-0.2, -0.15) is 0 Å². The van der Waals surface area contributed by atoms with Gasteiger partial charge in [0.15, 0.2) is 10.6 Å². The van der Waals surface area contributed by atoms with Gasteiger partial charge in [0.1, 0.15) is 0 Å². The fourth-order valence-corrected chi connectivity index (χ4v) is 8.50. The first-order valence-corrected chi connectivity index (χ1v) is 19.8. The molecule has 2 heterocycles. The van der Waals surface area contributed by atoms with E-state index in [0.717, 1.165) is 49.0 Å². The van der Waals surface area contributed by atoms with Crippen molar-refractivity contribution in [3.8, 4) is 11.1 Å². The number of ether oxygens (including phenoxy) is 2. The number of aromatic nitrogens is 1. The molecule has 0 spiro atoms. The first kappa shape index (κ1) is 37.3. The summed E-state index contributed by atoms with van der Waals surface area (Å²) in [6.45, 7) is 0.357. The van der Waals surface area contributed by atoms with Gasteiger partial charge in [-0.15, -0.1) is 11.3 Å². The third-order valence-electron chi connectivity index (χ3n) is 9.31. The van der Waals surface area contributed by atoms with Crippen molar-refractivity contribution in [2.24, 2.45) is 0 Å². The number of para-hydroxylation sites is 3. The van der Waals surface area contributed by atoms with E-state index in [9.17, 15) is 14.7 Å². The van der Waals surface area contributed by atoms with Gasteiger partial charge in [0.05, 0.1) is 40.4 Å². The summed E-state index contributed by atoms with van der Waals surface area (Å²) in [5, 5.41) is 15.4. The van der Waals surface area contributed by atoms with Crippen LogP contribution < -0.4 is 16.4 Å². The van der Waals surface area contributed by atoms with Gasteiger partial charge in [0.25, 0.3) is 0 Å². The largest absolute Gasteiger partial charge is 0.397 e. The molecule has 0 bridgehead atoms. The van der Waals surface area contributed by atoms with Crippen LogP contribution in [-0.4, -0.2) is 33.8 Å². The molecule has 1 fully saturated rings. The predicted octanol–water partition coefficient (Wildman–Crippen LogP) is 8.80. The second-order valence-corrected chi connectivity index (χ2v) is 15.5. The van der Waals surface area contributed by atoms with Gasteiger partial charge in [0, 0.05) is 37.1 Å². The number of aliphatic hydroxyl groups excluding tert-OH is 1. The van der Waals surface area contributed by atoms with Crippen LogP contribution >= 0.6 is 23.1 Å². The van der Waals surface area contributed by atoms with Gasteiger partial charge in [-0.3, -0.25) is 9.59 Å². The zero-order valence-electron chi connectivity index (χ0n) is 29.7. The van der Waals surface area contributed by atoms with Crippen LogP contribution in [0.2, 0.25) is 0 Å². The Morgan fingerprint density at radius 3 is 2.35 bits per heavy atom. The molecular formula is C43H42N4O5S2. The summed E-state index contributed by atoms with van der Waals surface area (Å²) in [5.41, 5.74) is 13.8.